The van der Waals surface area contributed by atoms with Gasteiger partial charge in [-0.1, -0.05) is 15.9 Å². The Morgan fingerprint density at radius 1 is 1.38 bits per heavy atom. The number of aromatic hydroxyl groups is 1. The van der Waals surface area contributed by atoms with Crippen LogP contribution < -0.4 is 9.47 Å². The predicted molar refractivity (Wildman–Crippen MR) is 67.0 cm³/mol. The van der Waals surface area contributed by atoms with Crippen LogP contribution in [0.1, 0.15) is 10.4 Å². The van der Waals surface area contributed by atoms with Crippen molar-refractivity contribution in [1.82, 2.24) is 0 Å². The number of phenolic OH excluding ortho intramolecular Hbond substituents is 1. The molecule has 0 aromatic heterocycles. The van der Waals surface area contributed by atoms with Gasteiger partial charge in [0, 0.05) is 6.07 Å². The zero-order valence-corrected chi connectivity index (χ0v) is 11.9. The van der Waals surface area contributed by atoms with Gasteiger partial charge in [0.25, 0.3) is 0 Å². The maximum absolute atomic E-state index is 11.6. The molecule has 1 rings (SSSR count). The Morgan fingerprint density at radius 3 is 2.38 bits per heavy atom. The topological polar surface area (TPSA) is 55.8 Å². The first-order valence-electron chi connectivity index (χ1n) is 4.29. The molecule has 88 valence electrons. The van der Waals surface area contributed by atoms with Gasteiger partial charge < -0.3 is 14.6 Å². The number of carbonyl (C=O) groups is 1. The molecule has 6 heteroatoms. The van der Waals surface area contributed by atoms with Crippen molar-refractivity contribution >= 4 is 37.6 Å². The van der Waals surface area contributed by atoms with Crippen LogP contribution in [0.25, 0.3) is 0 Å². The number of benzene rings is 1. The van der Waals surface area contributed by atoms with E-state index in [1.165, 1.54) is 14.2 Å². The molecule has 0 saturated carbocycles. The number of Topliss-reactive ketones (excluding diaryl/α,β-unsaturated/α-hetero) is 1. The van der Waals surface area contributed by atoms with Gasteiger partial charge in [0.2, 0.25) is 0 Å². The van der Waals surface area contributed by atoms with Crippen molar-refractivity contribution in [2.75, 3.05) is 19.5 Å². The average molecular weight is 354 g/mol. The van der Waals surface area contributed by atoms with E-state index >= 15 is 0 Å². The van der Waals surface area contributed by atoms with Crippen LogP contribution in [0, 0.1) is 0 Å². The molecule has 4 nitrogen and oxygen atoms in total. The molecule has 0 amide bonds. The van der Waals surface area contributed by atoms with Crippen LogP contribution in [0.2, 0.25) is 0 Å². The van der Waals surface area contributed by atoms with Crippen LogP contribution in [0.3, 0.4) is 0 Å². The summed E-state index contributed by atoms with van der Waals surface area (Å²) >= 11 is 6.20. The lowest BCUT2D eigenvalue weighted by Gasteiger charge is -2.13. The summed E-state index contributed by atoms with van der Waals surface area (Å²) in [6.07, 6.45) is 0. The Morgan fingerprint density at radius 2 is 1.94 bits per heavy atom. The molecule has 0 radical (unpaired) electrons. The number of hydrogen-bond acceptors (Lipinski definition) is 4. The van der Waals surface area contributed by atoms with Crippen LogP contribution in [-0.2, 0) is 0 Å². The summed E-state index contributed by atoms with van der Waals surface area (Å²) in [5.41, 5.74) is 0.132. The van der Waals surface area contributed by atoms with Crippen molar-refractivity contribution in [2.24, 2.45) is 0 Å². The second-order valence-corrected chi connectivity index (χ2v) is 4.23. The second kappa shape index (κ2) is 5.54. The zero-order chi connectivity index (χ0) is 12.3. The van der Waals surface area contributed by atoms with Gasteiger partial charge in [-0.3, -0.25) is 4.79 Å². The van der Waals surface area contributed by atoms with Gasteiger partial charge in [0.1, 0.15) is 27.3 Å². The van der Waals surface area contributed by atoms with Gasteiger partial charge in [-0.2, -0.15) is 0 Å². The van der Waals surface area contributed by atoms with Crippen molar-refractivity contribution in [3.05, 3.63) is 16.1 Å². The minimum absolute atomic E-state index is 0.107. The number of alkyl halides is 1. The standard InChI is InChI=1S/C10H10Br2O4/c1-15-6-3-7(16-2)9(12)10(14)8(6)5(13)4-11/h3,14H,4H2,1-2H3. The highest BCUT2D eigenvalue weighted by molar-refractivity contribution is 9.10. The molecule has 0 aliphatic rings. The SMILES string of the molecule is COc1cc(OC)c(C(=O)CBr)c(O)c1Br. The van der Waals surface area contributed by atoms with Crippen molar-refractivity contribution in [2.45, 2.75) is 0 Å². The van der Waals surface area contributed by atoms with E-state index in [4.69, 9.17) is 9.47 Å². The molecule has 0 atom stereocenters. The molecule has 0 fully saturated rings. The fraction of sp³-hybridized carbons (Fsp3) is 0.300. The second-order valence-electron chi connectivity index (χ2n) is 2.88. The zero-order valence-electron chi connectivity index (χ0n) is 8.71. The maximum Gasteiger partial charge on any atom is 0.180 e. The minimum Gasteiger partial charge on any atom is -0.506 e. The third kappa shape index (κ3) is 2.32. The van der Waals surface area contributed by atoms with Crippen molar-refractivity contribution in [3.8, 4) is 17.2 Å². The summed E-state index contributed by atoms with van der Waals surface area (Å²) in [7, 11) is 2.89. The first kappa shape index (κ1) is 13.3. The molecule has 16 heavy (non-hydrogen) atoms. The van der Waals surface area contributed by atoms with Crippen LogP contribution in [0.5, 0.6) is 17.2 Å². The highest BCUT2D eigenvalue weighted by Crippen LogP contribution is 2.42. The van der Waals surface area contributed by atoms with Crippen LogP contribution in [0.4, 0.5) is 0 Å². The largest absolute Gasteiger partial charge is 0.506 e. The van der Waals surface area contributed by atoms with Crippen molar-refractivity contribution < 1.29 is 19.4 Å². The molecule has 0 spiro atoms. The monoisotopic (exact) mass is 352 g/mol. The van der Waals surface area contributed by atoms with Gasteiger partial charge in [0.05, 0.1) is 19.5 Å². The van der Waals surface area contributed by atoms with E-state index in [9.17, 15) is 9.90 Å². The lowest BCUT2D eigenvalue weighted by atomic mass is 10.1. The first-order chi connectivity index (χ1) is 7.56. The fourth-order valence-corrected chi connectivity index (χ4v) is 2.00. The highest BCUT2D eigenvalue weighted by Gasteiger charge is 2.22. The quantitative estimate of drug-likeness (QED) is 0.668. The normalized spacial score (nSPS) is 10.0. The third-order valence-corrected chi connectivity index (χ3v) is 3.29. The summed E-state index contributed by atoms with van der Waals surface area (Å²) < 4.78 is 10.4. The van der Waals surface area contributed by atoms with Crippen LogP contribution >= 0.6 is 31.9 Å². The van der Waals surface area contributed by atoms with Gasteiger partial charge in [-0.15, -0.1) is 0 Å². The molecular formula is C10H10Br2O4. The van der Waals surface area contributed by atoms with E-state index in [-0.39, 0.29) is 28.2 Å². The molecule has 0 saturated heterocycles. The Labute approximate surface area is 110 Å². The van der Waals surface area contributed by atoms with E-state index in [2.05, 4.69) is 31.9 Å². The number of halogens is 2. The maximum atomic E-state index is 11.6. The number of rotatable bonds is 4. The predicted octanol–water partition coefficient (Wildman–Crippen LogP) is 2.75. The Balaban J connectivity index is 3.47. The summed E-state index contributed by atoms with van der Waals surface area (Å²) in [4.78, 5) is 11.6. The van der Waals surface area contributed by atoms with Gasteiger partial charge in [-0.05, 0) is 15.9 Å². The smallest absolute Gasteiger partial charge is 0.180 e. The van der Waals surface area contributed by atoms with Crippen LogP contribution in [-0.4, -0.2) is 30.4 Å². The Hall–Kier alpha value is -0.750. The van der Waals surface area contributed by atoms with E-state index in [0.29, 0.717) is 10.2 Å². The van der Waals surface area contributed by atoms with Crippen molar-refractivity contribution in [3.63, 3.8) is 0 Å². The lowest BCUT2D eigenvalue weighted by Crippen LogP contribution is -2.04. The molecule has 1 N–H and O–H groups in total. The molecule has 1 aromatic carbocycles. The molecule has 1 aromatic rings. The fourth-order valence-electron chi connectivity index (χ4n) is 1.24. The summed E-state index contributed by atoms with van der Waals surface area (Å²) in [6.45, 7) is 0. The lowest BCUT2D eigenvalue weighted by molar-refractivity contribution is 0.101. The number of hydrogen-bond donors (Lipinski definition) is 1. The molecule has 0 heterocycles. The highest BCUT2D eigenvalue weighted by atomic mass is 79.9. The van der Waals surface area contributed by atoms with Crippen LogP contribution in [0.15, 0.2) is 10.5 Å². The van der Waals surface area contributed by atoms with Gasteiger partial charge in [0.15, 0.2) is 5.78 Å². The third-order valence-electron chi connectivity index (χ3n) is 2.01. The number of ether oxygens (including phenoxy) is 2. The number of phenols is 1. The van der Waals surface area contributed by atoms with Gasteiger partial charge in [-0.25, -0.2) is 0 Å². The van der Waals surface area contributed by atoms with Crippen molar-refractivity contribution in [1.29, 1.82) is 0 Å². The first-order valence-corrected chi connectivity index (χ1v) is 6.20. The summed E-state index contributed by atoms with van der Waals surface area (Å²) in [5.74, 6) is 0.237. The summed E-state index contributed by atoms with van der Waals surface area (Å²) in [5, 5.41) is 9.98. The molecular weight excluding hydrogens is 344 g/mol. The Kier molecular flexibility index (Phi) is 4.61. The van der Waals surface area contributed by atoms with E-state index in [1.54, 1.807) is 6.07 Å². The van der Waals surface area contributed by atoms with E-state index in [0.717, 1.165) is 0 Å². The average Bonchev–Trinajstić information content (AvgIpc) is 2.31. The number of methoxy groups -OCH3 is 2. The molecule has 0 aliphatic heterocycles. The Bertz CT molecular complexity index is 418. The molecule has 0 unspecified atom stereocenters. The minimum atomic E-state index is -0.266. The number of ketones is 1. The molecule has 0 aliphatic carbocycles. The van der Waals surface area contributed by atoms with E-state index < -0.39 is 0 Å². The van der Waals surface area contributed by atoms with E-state index in [1.807, 2.05) is 0 Å². The number of carbonyl (C=O) groups excluding carboxylic acids is 1. The van der Waals surface area contributed by atoms with Gasteiger partial charge >= 0.3 is 0 Å². The summed E-state index contributed by atoms with van der Waals surface area (Å²) in [6, 6.07) is 1.54. The molecule has 0 bridgehead atoms.